The average molecular weight is 383 g/mol. The highest BCUT2D eigenvalue weighted by Gasteiger charge is 2.49. The van der Waals surface area contributed by atoms with Crippen LogP contribution in [0, 0.1) is 5.41 Å². The topological polar surface area (TPSA) is 69.1 Å². The molecule has 1 saturated heterocycles. The van der Waals surface area contributed by atoms with E-state index in [1.54, 1.807) is 0 Å². The van der Waals surface area contributed by atoms with Crippen LogP contribution in [0.5, 0.6) is 0 Å². The molecule has 2 atom stereocenters. The van der Waals surface area contributed by atoms with Crippen LogP contribution in [0.15, 0.2) is 4.99 Å². The zero-order chi connectivity index (χ0) is 19.7. The fourth-order valence-corrected chi connectivity index (χ4v) is 3.90. The summed E-state index contributed by atoms with van der Waals surface area (Å²) >= 11 is 0. The summed E-state index contributed by atoms with van der Waals surface area (Å²) in [5.74, 6) is 0.927. The average Bonchev–Trinajstić information content (AvgIpc) is 2.65. The van der Waals surface area contributed by atoms with Crippen LogP contribution >= 0.6 is 0 Å². The summed E-state index contributed by atoms with van der Waals surface area (Å²) in [4.78, 5) is 7.22. The zero-order valence-corrected chi connectivity index (χ0v) is 18.0. The van der Waals surface area contributed by atoms with Crippen molar-refractivity contribution in [3.05, 3.63) is 0 Å². The molecule has 158 valence electrons. The van der Waals surface area contributed by atoms with Crippen molar-refractivity contribution in [3.63, 3.8) is 0 Å². The lowest BCUT2D eigenvalue weighted by Crippen LogP contribution is -2.63. The third-order valence-electron chi connectivity index (χ3n) is 6.11. The van der Waals surface area contributed by atoms with E-state index in [0.717, 1.165) is 77.4 Å². The lowest BCUT2D eigenvalue weighted by atomic mass is 9.64. The van der Waals surface area contributed by atoms with Crippen molar-refractivity contribution < 1.29 is 9.84 Å². The number of nitrogens with zero attached hydrogens (tertiary/aromatic N) is 2. The van der Waals surface area contributed by atoms with E-state index in [1.807, 2.05) is 0 Å². The highest BCUT2D eigenvalue weighted by atomic mass is 16.5. The van der Waals surface area contributed by atoms with Crippen LogP contribution in [-0.2, 0) is 4.74 Å². The van der Waals surface area contributed by atoms with Crippen molar-refractivity contribution in [2.45, 2.75) is 84.5 Å². The number of rotatable bonds is 10. The molecule has 1 aliphatic heterocycles. The van der Waals surface area contributed by atoms with Gasteiger partial charge in [0.2, 0.25) is 0 Å². The van der Waals surface area contributed by atoms with Crippen LogP contribution in [0.1, 0.15) is 66.2 Å². The van der Waals surface area contributed by atoms with Crippen molar-refractivity contribution in [1.29, 1.82) is 0 Å². The fourth-order valence-electron chi connectivity index (χ4n) is 3.90. The molecule has 0 amide bonds. The predicted octanol–water partition coefficient (Wildman–Crippen LogP) is 2.37. The van der Waals surface area contributed by atoms with E-state index < -0.39 is 0 Å². The summed E-state index contributed by atoms with van der Waals surface area (Å²) in [5, 5.41) is 16.6. The van der Waals surface area contributed by atoms with Crippen molar-refractivity contribution in [3.8, 4) is 0 Å². The maximum absolute atomic E-state index is 9.59. The highest BCUT2D eigenvalue weighted by Crippen LogP contribution is 2.42. The summed E-state index contributed by atoms with van der Waals surface area (Å²) in [6.07, 6.45) is 6.51. The number of aliphatic hydroxyl groups is 1. The van der Waals surface area contributed by atoms with E-state index in [9.17, 15) is 5.11 Å². The van der Waals surface area contributed by atoms with Crippen LogP contribution in [0.25, 0.3) is 0 Å². The number of aliphatic hydroxyl groups excluding tert-OH is 1. The summed E-state index contributed by atoms with van der Waals surface area (Å²) in [7, 11) is 0. The van der Waals surface area contributed by atoms with E-state index in [-0.39, 0.29) is 11.5 Å². The number of unbranched alkanes of at least 4 members (excludes halogenated alkanes) is 1. The Labute approximate surface area is 166 Å². The zero-order valence-electron chi connectivity index (χ0n) is 18.0. The Morgan fingerprint density at radius 2 is 1.96 bits per heavy atom. The molecule has 1 aliphatic carbocycles. The van der Waals surface area contributed by atoms with Crippen molar-refractivity contribution >= 4 is 5.96 Å². The molecular formula is C21H42N4O2. The van der Waals surface area contributed by atoms with Crippen LogP contribution in [0.2, 0.25) is 0 Å². The second-order valence-corrected chi connectivity index (χ2v) is 8.65. The molecule has 1 saturated carbocycles. The largest absolute Gasteiger partial charge is 0.393 e. The molecule has 1 heterocycles. The summed E-state index contributed by atoms with van der Waals surface area (Å²) < 4.78 is 6.06. The summed E-state index contributed by atoms with van der Waals surface area (Å²) in [6.45, 7) is 14.6. The molecule has 6 heteroatoms. The van der Waals surface area contributed by atoms with Gasteiger partial charge in [-0.3, -0.25) is 4.99 Å². The quantitative estimate of drug-likeness (QED) is 0.307. The van der Waals surface area contributed by atoms with Gasteiger partial charge in [0.05, 0.1) is 12.2 Å². The van der Waals surface area contributed by atoms with Gasteiger partial charge >= 0.3 is 0 Å². The number of guanidine groups is 1. The lowest BCUT2D eigenvalue weighted by molar-refractivity contribution is -0.113. The van der Waals surface area contributed by atoms with Crippen molar-refractivity contribution in [1.82, 2.24) is 15.5 Å². The minimum Gasteiger partial charge on any atom is -0.393 e. The first-order chi connectivity index (χ1) is 13.0. The number of nitrogens with one attached hydrogen (secondary N) is 2. The minimum absolute atomic E-state index is 0.0931. The first-order valence-electron chi connectivity index (χ1n) is 11.0. The van der Waals surface area contributed by atoms with Gasteiger partial charge in [0, 0.05) is 44.2 Å². The minimum atomic E-state index is -0.0931. The molecule has 0 radical (unpaired) electrons. The Kier molecular flexibility index (Phi) is 9.33. The number of likely N-dealkylation sites (tertiary alicyclic amines) is 1. The van der Waals surface area contributed by atoms with E-state index in [2.05, 4.69) is 43.2 Å². The van der Waals surface area contributed by atoms with Gasteiger partial charge in [0.15, 0.2) is 5.96 Å². The van der Waals surface area contributed by atoms with Crippen LogP contribution in [0.4, 0.5) is 0 Å². The first kappa shape index (κ1) is 22.4. The molecule has 0 bridgehead atoms. The second-order valence-electron chi connectivity index (χ2n) is 8.65. The molecule has 2 unspecified atom stereocenters. The lowest BCUT2D eigenvalue weighted by Gasteiger charge is -2.52. The number of aliphatic imine (C=N–C) groups is 1. The third-order valence-corrected chi connectivity index (χ3v) is 6.11. The van der Waals surface area contributed by atoms with Crippen molar-refractivity contribution in [2.75, 3.05) is 39.3 Å². The molecule has 2 aliphatic rings. The third kappa shape index (κ3) is 6.91. The molecule has 3 N–H and O–H groups in total. The van der Waals surface area contributed by atoms with Gasteiger partial charge in [0.1, 0.15) is 0 Å². The van der Waals surface area contributed by atoms with Gasteiger partial charge in [-0.15, -0.1) is 0 Å². The normalized spacial score (nSPS) is 26.6. The summed E-state index contributed by atoms with van der Waals surface area (Å²) in [5.41, 5.74) is 0.137. The second kappa shape index (κ2) is 11.2. The van der Waals surface area contributed by atoms with Gasteiger partial charge in [0.25, 0.3) is 0 Å². The number of hydrogen-bond acceptors (Lipinski definition) is 4. The Morgan fingerprint density at radius 3 is 2.59 bits per heavy atom. The molecular weight excluding hydrogens is 340 g/mol. The maximum Gasteiger partial charge on any atom is 0.191 e. The molecule has 0 aromatic carbocycles. The molecule has 0 aromatic rings. The van der Waals surface area contributed by atoms with Crippen LogP contribution in [0.3, 0.4) is 0 Å². The Bertz CT molecular complexity index is 447. The molecule has 0 spiro atoms. The van der Waals surface area contributed by atoms with Crippen molar-refractivity contribution in [2.24, 2.45) is 10.4 Å². The van der Waals surface area contributed by atoms with Crippen LogP contribution < -0.4 is 10.6 Å². The number of ether oxygens (including phenoxy) is 1. The molecule has 2 fully saturated rings. The van der Waals surface area contributed by atoms with Gasteiger partial charge < -0.3 is 25.4 Å². The van der Waals surface area contributed by atoms with Gasteiger partial charge in [-0.1, -0.05) is 27.2 Å². The van der Waals surface area contributed by atoms with Gasteiger partial charge in [-0.2, -0.15) is 0 Å². The molecule has 27 heavy (non-hydrogen) atoms. The fraction of sp³-hybridized carbons (Fsp3) is 0.952. The van der Waals surface area contributed by atoms with E-state index in [1.165, 1.54) is 6.42 Å². The standard InChI is InChI=1S/C21H42N4O2/c1-5-7-15-27-19-16-18(21(19,3)4)24-20(22-6-2)23-11-8-12-25-13-9-17(26)10-14-25/h17-19,26H,5-16H2,1-4H3,(H2,22,23,24). The Morgan fingerprint density at radius 1 is 1.22 bits per heavy atom. The van der Waals surface area contributed by atoms with E-state index in [0.29, 0.717) is 12.1 Å². The smallest absolute Gasteiger partial charge is 0.191 e. The highest BCUT2D eigenvalue weighted by molar-refractivity contribution is 5.80. The molecule has 6 nitrogen and oxygen atoms in total. The first-order valence-corrected chi connectivity index (χ1v) is 11.0. The van der Waals surface area contributed by atoms with Gasteiger partial charge in [-0.05, 0) is 45.6 Å². The number of hydrogen-bond donors (Lipinski definition) is 3. The molecule has 2 rings (SSSR count). The van der Waals surface area contributed by atoms with E-state index >= 15 is 0 Å². The summed E-state index contributed by atoms with van der Waals surface area (Å²) in [6, 6.07) is 0.408. The Hall–Kier alpha value is -0.850. The van der Waals surface area contributed by atoms with Crippen LogP contribution in [-0.4, -0.2) is 73.5 Å². The monoisotopic (exact) mass is 382 g/mol. The Balaban J connectivity index is 1.72. The maximum atomic E-state index is 9.59. The SMILES string of the molecule is CCCCOC1CC(NC(=NCCCN2CCC(O)CC2)NCC)C1(C)C. The number of piperidine rings is 1. The predicted molar refractivity (Wildman–Crippen MR) is 112 cm³/mol. The van der Waals surface area contributed by atoms with Gasteiger partial charge in [-0.25, -0.2) is 0 Å². The molecule has 0 aromatic heterocycles. The van der Waals surface area contributed by atoms with E-state index in [4.69, 9.17) is 9.73 Å².